The molecule has 5 rings (SSSR count). The number of hydrogen-bond acceptors (Lipinski definition) is 6. The first-order valence-corrected chi connectivity index (χ1v) is 13.2. The fourth-order valence-corrected chi connectivity index (χ4v) is 5.97. The number of ether oxygens (including phenoxy) is 1. The molecule has 0 spiro atoms. The van der Waals surface area contributed by atoms with Gasteiger partial charge in [-0.25, -0.2) is 19.2 Å². The van der Waals surface area contributed by atoms with E-state index in [9.17, 15) is 9.59 Å². The largest absolute Gasteiger partial charge is 0.466 e. The summed E-state index contributed by atoms with van der Waals surface area (Å²) in [6, 6.07) is 10.2. The highest BCUT2D eigenvalue weighted by Crippen LogP contribution is 2.51. The van der Waals surface area contributed by atoms with E-state index in [2.05, 4.69) is 9.83 Å². The molecule has 0 aliphatic heterocycles. The van der Waals surface area contributed by atoms with Crippen LogP contribution in [0.25, 0.3) is 27.5 Å². The fourth-order valence-electron chi connectivity index (χ4n) is 5.97. The zero-order chi connectivity index (χ0) is 27.7. The Hall–Kier alpha value is -4.25. The quantitative estimate of drug-likeness (QED) is 0.305. The molecule has 0 unspecified atom stereocenters. The molecule has 0 saturated heterocycles. The number of rotatable bonds is 6. The second kappa shape index (κ2) is 10.5. The Bertz CT molecular complexity index is 1540. The lowest BCUT2D eigenvalue weighted by molar-refractivity contribution is -0.143. The minimum atomic E-state index is -0.696. The molecule has 3 atom stereocenters. The lowest BCUT2D eigenvalue weighted by Crippen LogP contribution is -2.46. The number of pyridine rings is 1. The van der Waals surface area contributed by atoms with Gasteiger partial charge >= 0.3 is 5.97 Å². The number of carbonyl (C=O) groups is 2. The van der Waals surface area contributed by atoms with Crippen LogP contribution in [0.5, 0.6) is 0 Å². The molecular formula is C31H29FN4O3. The molecular weight excluding hydrogens is 495 g/mol. The predicted molar refractivity (Wildman–Crippen MR) is 144 cm³/mol. The maximum atomic E-state index is 15.1. The molecule has 7 nitrogen and oxygen atoms in total. The number of Topliss-reactive ketones (excluding diaryl/α,β-unsaturated/α-hetero) is 1. The molecule has 0 N–H and O–H groups in total. The number of aryl methyl sites for hydroxylation is 1. The minimum Gasteiger partial charge on any atom is -0.466 e. The SMILES string of the molecule is [C-]#[N+]C1=C[C@@]2(C)c3nc(-c4ccnc(CCC(=O)OCC)c4)nc(-c4ccccc4F)c3CC[C@@H]2[C@@H](C)C1=O. The summed E-state index contributed by atoms with van der Waals surface area (Å²) in [4.78, 5) is 42.6. The van der Waals surface area contributed by atoms with E-state index < -0.39 is 5.41 Å². The van der Waals surface area contributed by atoms with E-state index in [1.54, 1.807) is 43.5 Å². The van der Waals surface area contributed by atoms with E-state index in [1.807, 2.05) is 19.9 Å². The van der Waals surface area contributed by atoms with E-state index in [0.717, 1.165) is 5.56 Å². The minimum absolute atomic E-state index is 0.0446. The van der Waals surface area contributed by atoms with E-state index >= 15 is 4.39 Å². The van der Waals surface area contributed by atoms with Gasteiger partial charge in [-0.15, -0.1) is 0 Å². The van der Waals surface area contributed by atoms with Gasteiger partial charge in [0.05, 0.1) is 31.0 Å². The summed E-state index contributed by atoms with van der Waals surface area (Å²) in [7, 11) is 0. The number of carbonyl (C=O) groups excluding carboxylic acids is 2. The van der Waals surface area contributed by atoms with Crippen LogP contribution in [0.1, 0.15) is 50.6 Å². The van der Waals surface area contributed by atoms with Crippen molar-refractivity contribution in [2.45, 2.75) is 51.9 Å². The van der Waals surface area contributed by atoms with Gasteiger partial charge in [0.2, 0.25) is 5.70 Å². The average Bonchev–Trinajstić information content (AvgIpc) is 2.94. The Labute approximate surface area is 227 Å². The third-order valence-electron chi connectivity index (χ3n) is 7.91. The topological polar surface area (TPSA) is 86.4 Å². The molecule has 8 heteroatoms. The number of allylic oxidation sites excluding steroid dienone is 2. The summed E-state index contributed by atoms with van der Waals surface area (Å²) in [6.45, 7) is 13.6. The maximum absolute atomic E-state index is 15.1. The second-order valence-corrected chi connectivity index (χ2v) is 10.3. The highest BCUT2D eigenvalue weighted by Gasteiger charge is 2.49. The summed E-state index contributed by atoms with van der Waals surface area (Å²) in [6.07, 6.45) is 5.30. The van der Waals surface area contributed by atoms with Crippen LogP contribution in [0.4, 0.5) is 4.39 Å². The normalized spacial score (nSPS) is 21.8. The summed E-state index contributed by atoms with van der Waals surface area (Å²) in [5.74, 6) is -0.791. The highest BCUT2D eigenvalue weighted by atomic mass is 19.1. The van der Waals surface area contributed by atoms with Crippen molar-refractivity contribution in [1.29, 1.82) is 0 Å². The molecule has 0 bridgehead atoms. The smallest absolute Gasteiger partial charge is 0.306 e. The van der Waals surface area contributed by atoms with Crippen LogP contribution in [0.2, 0.25) is 0 Å². The van der Waals surface area contributed by atoms with Crippen LogP contribution in [0, 0.1) is 24.2 Å². The lowest BCUT2D eigenvalue weighted by Gasteiger charge is -2.46. The molecule has 39 heavy (non-hydrogen) atoms. The summed E-state index contributed by atoms with van der Waals surface area (Å²) in [5, 5.41) is 0. The molecule has 2 aromatic heterocycles. The number of hydrogen-bond donors (Lipinski definition) is 0. The van der Waals surface area contributed by atoms with E-state index in [4.69, 9.17) is 21.3 Å². The van der Waals surface area contributed by atoms with Gasteiger partial charge in [-0.2, -0.15) is 0 Å². The van der Waals surface area contributed by atoms with Crippen LogP contribution >= 0.6 is 0 Å². The molecule has 2 aliphatic carbocycles. The van der Waals surface area contributed by atoms with E-state index in [1.165, 1.54) is 6.07 Å². The van der Waals surface area contributed by atoms with Crippen molar-refractivity contribution in [2.75, 3.05) is 6.61 Å². The van der Waals surface area contributed by atoms with E-state index in [-0.39, 0.29) is 41.5 Å². The molecule has 2 heterocycles. The Balaban J connectivity index is 1.69. The standard InChI is InChI=1S/C31H29FN4O3/c1-5-39-26(37)13-10-20-16-19(14-15-34-20)30-35-27(21-8-6-7-9-24(21)32)22-11-12-23-18(2)28(38)25(33-4)17-31(23,3)29(22)36-30/h6-9,14-18,23H,5,10-13H2,1-3H3/t18-,23-,31-/m1/s1. The van der Waals surface area contributed by atoms with Crippen molar-refractivity contribution < 1.29 is 18.7 Å². The van der Waals surface area contributed by atoms with Crippen molar-refractivity contribution in [1.82, 2.24) is 15.0 Å². The van der Waals surface area contributed by atoms with Gasteiger partial charge in [0, 0.05) is 46.3 Å². The third-order valence-corrected chi connectivity index (χ3v) is 7.91. The third kappa shape index (κ3) is 4.74. The van der Waals surface area contributed by atoms with Crippen LogP contribution in [-0.2, 0) is 32.6 Å². The Morgan fingerprint density at radius 2 is 2.05 bits per heavy atom. The summed E-state index contributed by atoms with van der Waals surface area (Å²) < 4.78 is 20.2. The zero-order valence-electron chi connectivity index (χ0n) is 22.2. The summed E-state index contributed by atoms with van der Waals surface area (Å²) >= 11 is 0. The number of nitrogens with zero attached hydrogens (tertiary/aromatic N) is 4. The first kappa shape index (κ1) is 26.4. The lowest BCUT2D eigenvalue weighted by atomic mass is 9.58. The number of benzene rings is 1. The molecule has 0 fully saturated rings. The van der Waals surface area contributed by atoms with Crippen LogP contribution in [0.3, 0.4) is 0 Å². The zero-order valence-corrected chi connectivity index (χ0v) is 22.2. The maximum Gasteiger partial charge on any atom is 0.306 e. The molecule has 0 amide bonds. The average molecular weight is 525 g/mol. The Kier molecular flexibility index (Phi) is 7.09. The van der Waals surface area contributed by atoms with Crippen molar-refractivity contribution in [3.63, 3.8) is 0 Å². The highest BCUT2D eigenvalue weighted by molar-refractivity contribution is 6.00. The monoisotopic (exact) mass is 524 g/mol. The Morgan fingerprint density at radius 1 is 1.26 bits per heavy atom. The molecule has 1 aromatic carbocycles. The number of ketones is 1. The van der Waals surface area contributed by atoms with E-state index in [0.29, 0.717) is 59.9 Å². The van der Waals surface area contributed by atoms with Gasteiger partial charge in [0.1, 0.15) is 5.82 Å². The molecule has 0 saturated carbocycles. The molecule has 198 valence electrons. The van der Waals surface area contributed by atoms with Gasteiger partial charge in [-0.3, -0.25) is 9.78 Å². The van der Waals surface area contributed by atoms with Gasteiger partial charge in [-0.05, 0) is 49.9 Å². The van der Waals surface area contributed by atoms with Crippen LogP contribution in [-0.4, -0.2) is 33.3 Å². The molecule has 0 radical (unpaired) electrons. The van der Waals surface area contributed by atoms with Gasteiger partial charge in [0.25, 0.3) is 0 Å². The first-order chi connectivity index (χ1) is 18.8. The molecule has 3 aromatic rings. The summed E-state index contributed by atoms with van der Waals surface area (Å²) in [5.41, 5.74) is 3.24. The van der Waals surface area contributed by atoms with Gasteiger partial charge in [0.15, 0.2) is 11.6 Å². The number of aromatic nitrogens is 3. The van der Waals surface area contributed by atoms with Crippen molar-refractivity contribution in [3.05, 3.63) is 88.6 Å². The van der Waals surface area contributed by atoms with Crippen molar-refractivity contribution in [2.24, 2.45) is 11.8 Å². The Morgan fingerprint density at radius 3 is 2.79 bits per heavy atom. The molecule has 2 aliphatic rings. The number of esters is 1. The first-order valence-electron chi connectivity index (χ1n) is 13.2. The number of fused-ring (bicyclic) bond motifs is 3. The van der Waals surface area contributed by atoms with Gasteiger partial charge < -0.3 is 9.53 Å². The second-order valence-electron chi connectivity index (χ2n) is 10.3. The van der Waals surface area contributed by atoms with Gasteiger partial charge in [-0.1, -0.05) is 32.1 Å². The van der Waals surface area contributed by atoms with Crippen molar-refractivity contribution >= 4 is 11.8 Å². The van der Waals surface area contributed by atoms with Crippen molar-refractivity contribution in [3.8, 4) is 22.6 Å². The van der Waals surface area contributed by atoms with Crippen LogP contribution in [0.15, 0.2) is 54.4 Å². The number of halogens is 1. The predicted octanol–water partition coefficient (Wildman–Crippen LogP) is 5.68. The van der Waals surface area contributed by atoms with Crippen LogP contribution < -0.4 is 0 Å². The fraction of sp³-hybridized carbons (Fsp3) is 0.355.